The number of non-ortho nitro benzene ring substituents is 1. The average Bonchev–Trinajstić information content (AvgIpc) is 2.54. The molecule has 2 rings (SSSR count). The van der Waals surface area contributed by atoms with Gasteiger partial charge >= 0.3 is 0 Å². The molecule has 120 valence electrons. The van der Waals surface area contributed by atoms with Crippen molar-refractivity contribution in [2.45, 2.75) is 0 Å². The fourth-order valence-corrected chi connectivity index (χ4v) is 2.20. The Hall–Kier alpha value is -2.36. The molecule has 0 saturated carbocycles. The number of hydrogen-bond acceptors (Lipinski definition) is 5. The third-order valence-electron chi connectivity index (χ3n) is 2.97. The molecule has 0 heterocycles. The number of rotatable bonds is 6. The summed E-state index contributed by atoms with van der Waals surface area (Å²) >= 11 is 2.20. The molecule has 2 aromatic carbocycles. The van der Waals surface area contributed by atoms with Crippen LogP contribution in [0.25, 0.3) is 0 Å². The van der Waals surface area contributed by atoms with Crippen LogP contribution in [-0.4, -0.2) is 24.5 Å². The van der Waals surface area contributed by atoms with Gasteiger partial charge in [-0.1, -0.05) is 0 Å². The van der Waals surface area contributed by atoms with Gasteiger partial charge in [0.05, 0.1) is 30.3 Å². The van der Waals surface area contributed by atoms with Gasteiger partial charge in [0.1, 0.15) is 5.75 Å². The molecule has 1 amide bonds. The number of amides is 1. The number of nitrogens with one attached hydrogen (secondary N) is 2. The molecule has 0 aromatic heterocycles. The van der Waals surface area contributed by atoms with Crippen molar-refractivity contribution in [1.29, 1.82) is 0 Å². The van der Waals surface area contributed by atoms with Crippen molar-refractivity contribution in [3.8, 4) is 5.75 Å². The summed E-state index contributed by atoms with van der Waals surface area (Å²) in [4.78, 5) is 22.2. The SMILES string of the molecule is COc1cc([N+](=O)[O-])ccc1NC(=O)CNc1ccc(I)cc1. The maximum atomic E-state index is 12.0. The molecular formula is C15H14IN3O4. The van der Waals surface area contributed by atoms with Crippen molar-refractivity contribution in [2.75, 3.05) is 24.3 Å². The van der Waals surface area contributed by atoms with E-state index in [0.717, 1.165) is 9.26 Å². The van der Waals surface area contributed by atoms with Gasteiger partial charge in [-0.3, -0.25) is 14.9 Å². The Morgan fingerprint density at radius 2 is 1.96 bits per heavy atom. The van der Waals surface area contributed by atoms with Gasteiger partial charge in [0.2, 0.25) is 5.91 Å². The summed E-state index contributed by atoms with van der Waals surface area (Å²) in [7, 11) is 1.39. The summed E-state index contributed by atoms with van der Waals surface area (Å²) < 4.78 is 6.18. The third-order valence-corrected chi connectivity index (χ3v) is 3.69. The fourth-order valence-electron chi connectivity index (χ4n) is 1.84. The van der Waals surface area contributed by atoms with Gasteiger partial charge in [0, 0.05) is 15.3 Å². The highest BCUT2D eigenvalue weighted by Gasteiger charge is 2.13. The Kier molecular flexibility index (Phi) is 5.74. The lowest BCUT2D eigenvalue weighted by Crippen LogP contribution is -2.22. The van der Waals surface area contributed by atoms with E-state index in [4.69, 9.17) is 4.74 Å². The van der Waals surface area contributed by atoms with E-state index in [2.05, 4.69) is 33.2 Å². The molecule has 2 N–H and O–H groups in total. The molecule has 0 aliphatic heterocycles. The Balaban J connectivity index is 1.99. The maximum absolute atomic E-state index is 12.0. The van der Waals surface area contributed by atoms with Crippen molar-refractivity contribution in [3.63, 3.8) is 0 Å². The van der Waals surface area contributed by atoms with E-state index in [1.165, 1.54) is 25.3 Å². The quantitative estimate of drug-likeness (QED) is 0.420. The van der Waals surface area contributed by atoms with Gasteiger partial charge in [-0.05, 0) is 52.9 Å². The maximum Gasteiger partial charge on any atom is 0.273 e. The molecule has 8 heteroatoms. The number of anilines is 2. The summed E-state index contributed by atoms with van der Waals surface area (Å²) in [6, 6.07) is 11.6. The van der Waals surface area contributed by atoms with E-state index in [1.807, 2.05) is 24.3 Å². The lowest BCUT2D eigenvalue weighted by Gasteiger charge is -2.11. The number of hydrogen-bond donors (Lipinski definition) is 2. The minimum absolute atomic E-state index is 0.0702. The molecule has 0 aliphatic carbocycles. The lowest BCUT2D eigenvalue weighted by atomic mass is 10.2. The van der Waals surface area contributed by atoms with Crippen LogP contribution >= 0.6 is 22.6 Å². The summed E-state index contributed by atoms with van der Waals surface area (Å²) in [6.45, 7) is 0.0702. The van der Waals surface area contributed by atoms with E-state index in [1.54, 1.807) is 0 Å². The van der Waals surface area contributed by atoms with E-state index in [0.29, 0.717) is 5.69 Å². The molecular weight excluding hydrogens is 413 g/mol. The van der Waals surface area contributed by atoms with Crippen molar-refractivity contribution in [3.05, 3.63) is 56.1 Å². The summed E-state index contributed by atoms with van der Waals surface area (Å²) in [5.74, 6) is -0.0440. The summed E-state index contributed by atoms with van der Waals surface area (Å²) in [5, 5.41) is 16.4. The number of nitro benzene ring substituents is 1. The zero-order chi connectivity index (χ0) is 16.8. The Labute approximate surface area is 146 Å². The number of benzene rings is 2. The van der Waals surface area contributed by atoms with Crippen LogP contribution < -0.4 is 15.4 Å². The van der Waals surface area contributed by atoms with Crippen molar-refractivity contribution >= 4 is 45.6 Å². The fraction of sp³-hybridized carbons (Fsp3) is 0.133. The topological polar surface area (TPSA) is 93.5 Å². The largest absolute Gasteiger partial charge is 0.494 e. The minimum atomic E-state index is -0.521. The number of carbonyl (C=O) groups excluding carboxylic acids is 1. The van der Waals surface area contributed by atoms with Crippen LogP contribution in [0.15, 0.2) is 42.5 Å². The molecule has 0 atom stereocenters. The Bertz CT molecular complexity index is 719. The van der Waals surface area contributed by atoms with Gasteiger partial charge in [-0.15, -0.1) is 0 Å². The number of nitro groups is 1. The van der Waals surface area contributed by atoms with Crippen LogP contribution in [0.2, 0.25) is 0 Å². The van der Waals surface area contributed by atoms with Crippen LogP contribution in [0.5, 0.6) is 5.75 Å². The molecule has 0 unspecified atom stereocenters. The molecule has 0 fully saturated rings. The molecule has 0 bridgehead atoms. The van der Waals surface area contributed by atoms with Gasteiger partial charge in [-0.25, -0.2) is 0 Å². The molecule has 2 aromatic rings. The summed E-state index contributed by atoms with van der Waals surface area (Å²) in [5.41, 5.74) is 1.11. The first kappa shape index (κ1) is 17.0. The predicted octanol–water partition coefficient (Wildman–Crippen LogP) is 3.26. The number of halogens is 1. The highest BCUT2D eigenvalue weighted by Crippen LogP contribution is 2.28. The summed E-state index contributed by atoms with van der Waals surface area (Å²) in [6.07, 6.45) is 0. The van der Waals surface area contributed by atoms with Gasteiger partial charge < -0.3 is 15.4 Å². The zero-order valence-electron chi connectivity index (χ0n) is 12.2. The van der Waals surface area contributed by atoms with Crippen LogP contribution in [0.3, 0.4) is 0 Å². The number of ether oxygens (including phenoxy) is 1. The molecule has 7 nitrogen and oxygen atoms in total. The van der Waals surface area contributed by atoms with Crippen LogP contribution in [0, 0.1) is 13.7 Å². The van der Waals surface area contributed by atoms with E-state index < -0.39 is 4.92 Å². The first-order valence-electron chi connectivity index (χ1n) is 6.61. The van der Waals surface area contributed by atoms with Crippen LogP contribution in [0.4, 0.5) is 17.1 Å². The van der Waals surface area contributed by atoms with Crippen molar-refractivity contribution in [1.82, 2.24) is 0 Å². The van der Waals surface area contributed by atoms with Crippen molar-refractivity contribution in [2.24, 2.45) is 0 Å². The van der Waals surface area contributed by atoms with Gasteiger partial charge in [0.25, 0.3) is 5.69 Å². The normalized spacial score (nSPS) is 10.0. The van der Waals surface area contributed by atoms with E-state index in [9.17, 15) is 14.9 Å². The smallest absolute Gasteiger partial charge is 0.273 e. The molecule has 0 spiro atoms. The second-order valence-corrected chi connectivity index (χ2v) is 5.80. The highest BCUT2D eigenvalue weighted by atomic mass is 127. The molecule has 23 heavy (non-hydrogen) atoms. The van der Waals surface area contributed by atoms with Crippen molar-refractivity contribution < 1.29 is 14.5 Å². The first-order chi connectivity index (χ1) is 11.0. The van der Waals surface area contributed by atoms with E-state index >= 15 is 0 Å². The number of methoxy groups -OCH3 is 1. The third kappa shape index (κ3) is 4.81. The first-order valence-corrected chi connectivity index (χ1v) is 7.69. The predicted molar refractivity (Wildman–Crippen MR) is 95.9 cm³/mol. The molecule has 0 saturated heterocycles. The second kappa shape index (κ2) is 7.77. The van der Waals surface area contributed by atoms with E-state index in [-0.39, 0.29) is 23.9 Å². The van der Waals surface area contributed by atoms with Gasteiger partial charge in [-0.2, -0.15) is 0 Å². The second-order valence-electron chi connectivity index (χ2n) is 4.55. The molecule has 0 radical (unpaired) electrons. The Morgan fingerprint density at radius 3 is 2.57 bits per heavy atom. The standard InChI is InChI=1S/C15H14IN3O4/c1-23-14-8-12(19(21)22)6-7-13(14)18-15(20)9-17-11-4-2-10(16)3-5-11/h2-8,17H,9H2,1H3,(H,18,20). The average molecular weight is 427 g/mol. The molecule has 0 aliphatic rings. The highest BCUT2D eigenvalue weighted by molar-refractivity contribution is 14.1. The zero-order valence-corrected chi connectivity index (χ0v) is 14.4. The van der Waals surface area contributed by atoms with Gasteiger partial charge in [0.15, 0.2) is 0 Å². The minimum Gasteiger partial charge on any atom is -0.494 e. The number of carbonyl (C=O) groups is 1. The van der Waals surface area contributed by atoms with Crippen LogP contribution in [-0.2, 0) is 4.79 Å². The lowest BCUT2D eigenvalue weighted by molar-refractivity contribution is -0.384. The number of nitrogens with zero attached hydrogens (tertiary/aromatic N) is 1. The monoisotopic (exact) mass is 427 g/mol. The Morgan fingerprint density at radius 1 is 1.26 bits per heavy atom. The van der Waals surface area contributed by atoms with Crippen LogP contribution in [0.1, 0.15) is 0 Å².